The van der Waals surface area contributed by atoms with Crippen molar-refractivity contribution >= 4 is 47.4 Å². The molecule has 3 fully saturated rings. The molecular formula is C66H104F2N14O12. The maximum Gasteiger partial charge on any atom is 0.317 e. The summed E-state index contributed by atoms with van der Waals surface area (Å²) in [4.78, 5) is 114. The number of carbonyl (C=O) groups excluding carboxylic acids is 6. The van der Waals surface area contributed by atoms with E-state index in [4.69, 9.17) is 9.47 Å². The van der Waals surface area contributed by atoms with Gasteiger partial charge in [0.05, 0.1) is 71.4 Å². The number of halogens is 2. The predicted molar refractivity (Wildman–Crippen MR) is 344 cm³/mol. The van der Waals surface area contributed by atoms with Gasteiger partial charge in [0.25, 0.3) is 5.92 Å². The molecular weight excluding hydrogens is 1220 g/mol. The number of hydrogen-bond donors (Lipinski definition) is 6. The van der Waals surface area contributed by atoms with Gasteiger partial charge in [0, 0.05) is 104 Å². The van der Waals surface area contributed by atoms with Crippen molar-refractivity contribution in [3.8, 4) is 6.07 Å². The highest BCUT2D eigenvalue weighted by atomic mass is 19.3. The number of rotatable bonds is 41. The van der Waals surface area contributed by atoms with Gasteiger partial charge < -0.3 is 55.7 Å². The molecule has 0 spiro atoms. The lowest BCUT2D eigenvalue weighted by molar-refractivity contribution is -0.139. The molecule has 0 aliphatic carbocycles. The number of alkyl halides is 2. The van der Waals surface area contributed by atoms with Crippen molar-refractivity contribution < 1.29 is 66.8 Å². The van der Waals surface area contributed by atoms with Crippen molar-refractivity contribution in [3.63, 3.8) is 0 Å². The molecule has 6 N–H and O–H groups in total. The lowest BCUT2D eigenvalue weighted by atomic mass is 9.99. The Morgan fingerprint density at radius 3 is 1.99 bits per heavy atom. The second-order valence-corrected chi connectivity index (χ2v) is 25.5. The summed E-state index contributed by atoms with van der Waals surface area (Å²) in [5, 5.41) is 48.6. The topological polar surface area (TPSA) is 318 Å². The second-order valence-electron chi connectivity index (χ2n) is 25.5. The lowest BCUT2D eigenvalue weighted by Crippen LogP contribution is -2.52. The quantitative estimate of drug-likeness (QED) is 0.0510. The van der Waals surface area contributed by atoms with E-state index in [1.54, 1.807) is 21.8 Å². The molecule has 6 amide bonds. The Labute approximate surface area is 552 Å². The number of nitriles is 1. The fraction of sp³-hybridized carbons (Fsp3) is 0.742. The Morgan fingerprint density at radius 2 is 1.36 bits per heavy atom. The maximum atomic E-state index is 14.1. The number of nitrogens with one attached hydrogen (secondary N) is 4. The van der Waals surface area contributed by atoms with E-state index in [-0.39, 0.29) is 83.8 Å². The van der Waals surface area contributed by atoms with Crippen LogP contribution in [0.4, 0.5) is 8.78 Å². The van der Waals surface area contributed by atoms with Gasteiger partial charge in [-0.2, -0.15) is 5.26 Å². The van der Waals surface area contributed by atoms with E-state index in [1.165, 1.54) is 64.2 Å². The highest BCUT2D eigenvalue weighted by Crippen LogP contribution is 2.34. The molecule has 0 bridgehead atoms. The zero-order valence-electron chi connectivity index (χ0n) is 55.5. The summed E-state index contributed by atoms with van der Waals surface area (Å²) >= 11 is 0. The Bertz CT molecular complexity index is 2740. The number of likely N-dealkylation sites (tertiary alicyclic amines) is 1. The van der Waals surface area contributed by atoms with Gasteiger partial charge in [-0.25, -0.2) is 13.5 Å². The maximum absolute atomic E-state index is 14.1. The van der Waals surface area contributed by atoms with Crippen LogP contribution in [0.3, 0.4) is 0 Å². The van der Waals surface area contributed by atoms with Crippen LogP contribution < -0.4 is 21.3 Å². The van der Waals surface area contributed by atoms with Gasteiger partial charge in [-0.15, -0.1) is 5.10 Å². The molecule has 0 saturated carbocycles. The van der Waals surface area contributed by atoms with Gasteiger partial charge in [0.1, 0.15) is 23.8 Å². The number of hydrogen-bond acceptors (Lipinski definition) is 17. The van der Waals surface area contributed by atoms with Gasteiger partial charge in [-0.05, 0) is 55.3 Å². The average Bonchev–Trinajstić information content (AvgIpc) is 1.65. The number of fused-ring (bicyclic) bond motifs is 1. The van der Waals surface area contributed by atoms with Crippen molar-refractivity contribution in [2.24, 2.45) is 5.92 Å². The SMILES string of the molecule is CCCCCCCCCCCCCCCC(=O)NCCCC[C@H](NC(=O)CN1CCN(CC(=O)O)CCN(CC)CCN(CC(=O)O)CC1)C(=O)NCCOCCOCc1cn(Cc2cccc3c2CN(C(=O)C[C@@H]2C[C@@H](C(=O)N4CC(F)(F)C[C@H]4C#N)NC2=O)C3)nn1. The minimum Gasteiger partial charge on any atom is -0.480 e. The fourth-order valence-corrected chi connectivity index (χ4v) is 12.6. The molecule has 524 valence electrons. The van der Waals surface area contributed by atoms with Gasteiger partial charge in [0.2, 0.25) is 35.4 Å². The summed E-state index contributed by atoms with van der Waals surface area (Å²) in [6, 6.07) is 4.20. The first-order valence-corrected chi connectivity index (χ1v) is 34.3. The number of aliphatic carboxylic acids is 2. The molecule has 3 saturated heterocycles. The summed E-state index contributed by atoms with van der Waals surface area (Å²) < 4.78 is 41.4. The molecule has 0 unspecified atom stereocenters. The van der Waals surface area contributed by atoms with Crippen LogP contribution in [0, 0.1) is 17.2 Å². The van der Waals surface area contributed by atoms with Crippen molar-refractivity contribution in [1.29, 1.82) is 5.26 Å². The van der Waals surface area contributed by atoms with Gasteiger partial charge in [-0.1, -0.05) is 114 Å². The fourth-order valence-electron chi connectivity index (χ4n) is 12.6. The van der Waals surface area contributed by atoms with E-state index in [0.29, 0.717) is 103 Å². The number of amides is 6. The van der Waals surface area contributed by atoms with Crippen LogP contribution in [0.25, 0.3) is 0 Å². The molecule has 4 aliphatic rings. The van der Waals surface area contributed by atoms with Crippen molar-refractivity contribution in [3.05, 3.63) is 46.8 Å². The standard InChI is InChI=1S/C66H104F2N14O12/c1-3-5-6-7-8-9-10-11-12-13-14-15-16-23-58(83)70-24-18-17-22-56(72-59(84)45-77-30-32-78(46-61(86)87)28-26-76(4-2)27-29-79(33-31-77)47-62(88)89)64(91)71-25-34-93-35-36-94-48-53-43-81(75-74-53)42-51-21-19-20-50-41-80(44-55(50)51)60(85)38-52-37-57(73-63(52)90)65(92)82-49-66(67,68)39-54(82)40-69/h19-21,43,52,54,56-57H,3-18,22-39,41-42,44-49H2,1-2H3,(H,70,83)(H,71,91)(H,72,84)(H,73,90)(H,86,87)(H,88,89)/t52-,54-,56-,57-/m0/s1. The Kier molecular flexibility index (Phi) is 33.5. The van der Waals surface area contributed by atoms with E-state index in [9.17, 15) is 62.6 Å². The Hall–Kier alpha value is -6.77. The van der Waals surface area contributed by atoms with E-state index in [0.717, 1.165) is 47.4 Å². The van der Waals surface area contributed by atoms with Crippen LogP contribution in [0.1, 0.15) is 165 Å². The van der Waals surface area contributed by atoms with E-state index >= 15 is 0 Å². The summed E-state index contributed by atoms with van der Waals surface area (Å²) in [6.07, 6.45) is 18.6. The number of aromatic nitrogens is 3. The number of carboxylic acid groups (broad SMARTS) is 2. The largest absolute Gasteiger partial charge is 0.480 e. The van der Waals surface area contributed by atoms with Crippen molar-refractivity contribution in [2.45, 2.75) is 193 Å². The minimum absolute atomic E-state index is 0.000228. The zero-order valence-corrected chi connectivity index (χ0v) is 55.5. The van der Waals surface area contributed by atoms with Gasteiger partial charge in [-0.3, -0.25) is 53.1 Å². The molecule has 0 radical (unpaired) electrons. The summed E-state index contributed by atoms with van der Waals surface area (Å²) in [6.45, 7) is 9.40. The lowest BCUT2D eigenvalue weighted by Gasteiger charge is -2.33. The van der Waals surface area contributed by atoms with Crippen LogP contribution in [0.5, 0.6) is 0 Å². The number of ether oxygens (including phenoxy) is 2. The van der Waals surface area contributed by atoms with Crippen molar-refractivity contribution in [2.75, 3.05) is 118 Å². The molecule has 94 heavy (non-hydrogen) atoms. The number of carbonyl (C=O) groups is 8. The molecule has 1 aromatic carbocycles. The molecule has 6 rings (SSSR count). The highest BCUT2D eigenvalue weighted by molar-refractivity contribution is 5.95. The first-order valence-electron chi connectivity index (χ1n) is 34.3. The molecule has 5 heterocycles. The van der Waals surface area contributed by atoms with Gasteiger partial charge >= 0.3 is 11.9 Å². The number of carboxylic acids is 2. The highest BCUT2D eigenvalue weighted by Gasteiger charge is 2.50. The molecule has 4 atom stereocenters. The first kappa shape index (κ1) is 76.2. The van der Waals surface area contributed by atoms with Gasteiger partial charge in [0.15, 0.2) is 0 Å². The molecule has 26 nitrogen and oxygen atoms in total. The third kappa shape index (κ3) is 27.5. The molecule has 1 aromatic heterocycles. The van der Waals surface area contributed by atoms with Crippen LogP contribution in [-0.2, 0) is 74.1 Å². The molecule has 2 aromatic rings. The second kappa shape index (κ2) is 41.2. The average molecular weight is 1320 g/mol. The monoisotopic (exact) mass is 1320 g/mol. The first-order chi connectivity index (χ1) is 45.3. The van der Waals surface area contributed by atoms with Crippen LogP contribution in [-0.4, -0.2) is 244 Å². The number of nitrogens with zero attached hydrogens (tertiary/aromatic N) is 10. The number of benzene rings is 1. The van der Waals surface area contributed by atoms with Crippen LogP contribution in [0.15, 0.2) is 24.4 Å². The summed E-state index contributed by atoms with van der Waals surface area (Å²) in [5.41, 5.74) is 3.35. The van der Waals surface area contributed by atoms with Crippen LogP contribution in [0.2, 0.25) is 0 Å². The van der Waals surface area contributed by atoms with E-state index in [2.05, 4.69) is 43.4 Å². The normalized spacial score (nSPS) is 19.4. The van der Waals surface area contributed by atoms with E-state index < -0.39 is 78.5 Å². The third-order valence-electron chi connectivity index (χ3n) is 18.0. The predicted octanol–water partition coefficient (Wildman–Crippen LogP) is 4.14. The third-order valence-corrected chi connectivity index (χ3v) is 18.0. The minimum atomic E-state index is -3.20. The zero-order chi connectivity index (χ0) is 67.7. The van der Waals surface area contributed by atoms with Crippen molar-refractivity contribution in [1.82, 2.24) is 65.7 Å². The summed E-state index contributed by atoms with van der Waals surface area (Å²) in [7, 11) is 0. The number of unbranched alkanes of at least 4 members (excludes halogenated alkanes) is 13. The molecule has 4 aliphatic heterocycles. The Balaban J connectivity index is 0.918. The Morgan fingerprint density at radius 1 is 0.745 bits per heavy atom. The van der Waals surface area contributed by atoms with E-state index in [1.807, 2.05) is 39.8 Å². The summed E-state index contributed by atoms with van der Waals surface area (Å²) in [5.74, 6) is -8.33. The smallest absolute Gasteiger partial charge is 0.317 e. The van der Waals surface area contributed by atoms with Crippen LogP contribution >= 0.6 is 0 Å². The molecule has 28 heteroatoms. The number of likely N-dealkylation sites (N-methyl/N-ethyl adjacent to an activating group) is 1.